The van der Waals surface area contributed by atoms with Gasteiger partial charge in [0.2, 0.25) is 0 Å². The lowest BCUT2D eigenvalue weighted by Crippen LogP contribution is -2.49. The van der Waals surface area contributed by atoms with Gasteiger partial charge < -0.3 is 14.4 Å². The summed E-state index contributed by atoms with van der Waals surface area (Å²) < 4.78 is 10.8. The van der Waals surface area contributed by atoms with Crippen LogP contribution in [0.25, 0.3) is 0 Å². The Labute approximate surface area is 140 Å². The van der Waals surface area contributed by atoms with Crippen LogP contribution in [0.4, 0.5) is 0 Å². The van der Waals surface area contributed by atoms with Crippen molar-refractivity contribution in [3.8, 4) is 0 Å². The number of hydrogen-bond acceptors (Lipinski definition) is 4. The average Bonchev–Trinajstić information content (AvgIpc) is 2.58. The van der Waals surface area contributed by atoms with Gasteiger partial charge >= 0.3 is 0 Å². The minimum atomic E-state index is 0.467. The summed E-state index contributed by atoms with van der Waals surface area (Å²) >= 11 is 0. The summed E-state index contributed by atoms with van der Waals surface area (Å²) in [6, 6.07) is 12.1. The van der Waals surface area contributed by atoms with Crippen LogP contribution in [0.2, 0.25) is 0 Å². The van der Waals surface area contributed by atoms with E-state index in [9.17, 15) is 0 Å². The van der Waals surface area contributed by atoms with E-state index in [1.54, 1.807) is 0 Å². The van der Waals surface area contributed by atoms with Gasteiger partial charge in [0, 0.05) is 37.6 Å². The molecule has 0 amide bonds. The molecule has 1 aromatic carbocycles. The highest BCUT2D eigenvalue weighted by atomic mass is 16.7. The van der Waals surface area contributed by atoms with E-state index in [-0.39, 0.29) is 0 Å². The van der Waals surface area contributed by atoms with E-state index in [0.29, 0.717) is 24.8 Å². The minimum Gasteiger partial charge on any atom is -0.355 e. The Bertz CT molecular complexity index is 462. The molecule has 0 radical (unpaired) electrons. The normalized spacial score (nSPS) is 27.4. The van der Waals surface area contributed by atoms with Crippen molar-refractivity contribution in [2.24, 2.45) is 5.92 Å². The quantitative estimate of drug-likeness (QED) is 0.833. The smallest absolute Gasteiger partial charge is 0.146 e. The Balaban J connectivity index is 1.47. The van der Waals surface area contributed by atoms with E-state index in [1.807, 2.05) is 0 Å². The lowest BCUT2D eigenvalue weighted by atomic mass is 9.95. The Morgan fingerprint density at radius 2 is 1.91 bits per heavy atom. The van der Waals surface area contributed by atoms with Gasteiger partial charge in [0.05, 0.1) is 13.2 Å². The standard InChI is InChI=1S/C19H30N2O2/c1-16-10-19(20(2)11-18-13-22-15-23-14-18)8-9-21(16)12-17-6-4-3-5-7-17/h3-7,16,18-19H,8-15H2,1-2H3. The first-order chi connectivity index (χ1) is 11.2. The first-order valence-electron chi connectivity index (χ1n) is 8.86. The summed E-state index contributed by atoms with van der Waals surface area (Å²) in [5, 5.41) is 0. The third kappa shape index (κ3) is 4.77. The second kappa shape index (κ2) is 8.25. The number of likely N-dealkylation sites (tertiary alicyclic amines) is 1. The number of rotatable bonds is 5. The van der Waals surface area contributed by atoms with E-state index >= 15 is 0 Å². The summed E-state index contributed by atoms with van der Waals surface area (Å²) in [5.74, 6) is 0.520. The van der Waals surface area contributed by atoms with Crippen molar-refractivity contribution in [3.05, 3.63) is 35.9 Å². The third-order valence-electron chi connectivity index (χ3n) is 5.26. The Kier molecular flexibility index (Phi) is 6.06. The molecule has 2 aliphatic rings. The van der Waals surface area contributed by atoms with E-state index in [1.165, 1.54) is 24.9 Å². The van der Waals surface area contributed by atoms with Crippen molar-refractivity contribution in [2.45, 2.75) is 38.4 Å². The molecule has 0 saturated carbocycles. The molecule has 0 bridgehead atoms. The second-order valence-electron chi connectivity index (χ2n) is 7.15. The highest BCUT2D eigenvalue weighted by Crippen LogP contribution is 2.23. The Hall–Kier alpha value is -0.940. The summed E-state index contributed by atoms with van der Waals surface area (Å²) in [4.78, 5) is 5.14. The summed E-state index contributed by atoms with van der Waals surface area (Å²) in [7, 11) is 2.26. The van der Waals surface area contributed by atoms with Crippen LogP contribution in [-0.2, 0) is 16.0 Å². The number of ether oxygens (including phenoxy) is 2. The monoisotopic (exact) mass is 318 g/mol. The molecule has 0 aromatic heterocycles. The maximum Gasteiger partial charge on any atom is 0.146 e. The van der Waals surface area contributed by atoms with Crippen LogP contribution in [-0.4, -0.2) is 62.0 Å². The van der Waals surface area contributed by atoms with Gasteiger partial charge in [-0.2, -0.15) is 0 Å². The first-order valence-corrected chi connectivity index (χ1v) is 8.86. The van der Waals surface area contributed by atoms with E-state index in [0.717, 1.165) is 26.3 Å². The lowest BCUT2D eigenvalue weighted by molar-refractivity contribution is -0.131. The van der Waals surface area contributed by atoms with Crippen molar-refractivity contribution in [1.29, 1.82) is 0 Å². The van der Waals surface area contributed by atoms with Crippen LogP contribution in [0.5, 0.6) is 0 Å². The van der Waals surface area contributed by atoms with Crippen molar-refractivity contribution in [1.82, 2.24) is 9.80 Å². The molecular formula is C19H30N2O2. The number of nitrogens with zero attached hydrogens (tertiary/aromatic N) is 2. The van der Waals surface area contributed by atoms with Crippen LogP contribution in [0.1, 0.15) is 25.3 Å². The molecular weight excluding hydrogens is 288 g/mol. The molecule has 1 aromatic rings. The fourth-order valence-corrected chi connectivity index (χ4v) is 3.85. The van der Waals surface area contributed by atoms with Crippen molar-refractivity contribution in [3.63, 3.8) is 0 Å². The maximum atomic E-state index is 5.42. The van der Waals surface area contributed by atoms with Gasteiger partial charge in [0.1, 0.15) is 6.79 Å². The number of benzene rings is 1. The van der Waals surface area contributed by atoms with Crippen LogP contribution < -0.4 is 0 Å². The molecule has 0 N–H and O–H groups in total. The van der Waals surface area contributed by atoms with E-state index in [4.69, 9.17) is 9.47 Å². The van der Waals surface area contributed by atoms with Gasteiger partial charge in [-0.3, -0.25) is 4.90 Å². The molecule has 0 aliphatic carbocycles. The van der Waals surface area contributed by atoms with Crippen LogP contribution in [0.15, 0.2) is 30.3 Å². The zero-order chi connectivity index (χ0) is 16.1. The van der Waals surface area contributed by atoms with Crippen molar-refractivity contribution >= 4 is 0 Å². The topological polar surface area (TPSA) is 24.9 Å². The molecule has 2 atom stereocenters. The minimum absolute atomic E-state index is 0.467. The third-order valence-corrected chi connectivity index (χ3v) is 5.26. The molecule has 3 rings (SSSR count). The van der Waals surface area contributed by atoms with Gasteiger partial charge in [0.25, 0.3) is 0 Å². The SMILES string of the molecule is CC1CC(N(C)CC2COCOC2)CCN1Cc1ccccc1. The number of piperidine rings is 1. The number of hydrogen-bond donors (Lipinski definition) is 0. The zero-order valence-corrected chi connectivity index (χ0v) is 14.5. The second-order valence-corrected chi connectivity index (χ2v) is 7.15. The molecule has 128 valence electrons. The van der Waals surface area contributed by atoms with Crippen molar-refractivity contribution < 1.29 is 9.47 Å². The molecule has 4 nitrogen and oxygen atoms in total. The Morgan fingerprint density at radius 1 is 1.17 bits per heavy atom. The Morgan fingerprint density at radius 3 is 2.61 bits per heavy atom. The molecule has 23 heavy (non-hydrogen) atoms. The maximum absolute atomic E-state index is 5.42. The fraction of sp³-hybridized carbons (Fsp3) is 0.684. The molecule has 2 saturated heterocycles. The van der Waals surface area contributed by atoms with Gasteiger partial charge in [0.15, 0.2) is 0 Å². The fourth-order valence-electron chi connectivity index (χ4n) is 3.85. The summed E-state index contributed by atoms with van der Waals surface area (Å²) in [6.45, 7) is 7.85. The lowest BCUT2D eigenvalue weighted by Gasteiger charge is -2.42. The molecule has 2 aliphatic heterocycles. The van der Waals surface area contributed by atoms with Gasteiger partial charge in [-0.1, -0.05) is 30.3 Å². The van der Waals surface area contributed by atoms with Crippen LogP contribution in [0, 0.1) is 5.92 Å². The summed E-state index contributed by atoms with van der Waals surface area (Å²) in [5.41, 5.74) is 1.42. The average molecular weight is 318 g/mol. The van der Waals surface area contributed by atoms with E-state index < -0.39 is 0 Å². The van der Waals surface area contributed by atoms with Crippen LogP contribution >= 0.6 is 0 Å². The first kappa shape index (κ1) is 16.9. The summed E-state index contributed by atoms with van der Waals surface area (Å²) in [6.07, 6.45) is 2.50. The molecule has 2 heterocycles. The molecule has 2 fully saturated rings. The highest BCUT2D eigenvalue weighted by molar-refractivity contribution is 5.14. The van der Waals surface area contributed by atoms with Gasteiger partial charge in [-0.15, -0.1) is 0 Å². The largest absolute Gasteiger partial charge is 0.355 e. The molecule has 2 unspecified atom stereocenters. The predicted molar refractivity (Wildman–Crippen MR) is 92.2 cm³/mol. The molecule has 0 spiro atoms. The zero-order valence-electron chi connectivity index (χ0n) is 14.5. The molecule has 4 heteroatoms. The predicted octanol–water partition coefficient (Wildman–Crippen LogP) is 2.59. The van der Waals surface area contributed by atoms with E-state index in [2.05, 4.69) is 54.1 Å². The van der Waals surface area contributed by atoms with Gasteiger partial charge in [-0.05, 0) is 32.4 Å². The van der Waals surface area contributed by atoms with Gasteiger partial charge in [-0.25, -0.2) is 0 Å². The highest BCUT2D eigenvalue weighted by Gasteiger charge is 2.29. The van der Waals surface area contributed by atoms with Crippen LogP contribution in [0.3, 0.4) is 0 Å². The van der Waals surface area contributed by atoms with Crippen molar-refractivity contribution in [2.75, 3.05) is 40.1 Å².